The van der Waals surface area contributed by atoms with Gasteiger partial charge < -0.3 is 4.74 Å². The van der Waals surface area contributed by atoms with Gasteiger partial charge in [0.2, 0.25) is 0 Å². The number of allylic oxidation sites excluding steroid dienone is 1. The van der Waals surface area contributed by atoms with E-state index in [1.165, 1.54) is 6.42 Å². The van der Waals surface area contributed by atoms with Gasteiger partial charge in [0.15, 0.2) is 0 Å². The zero-order valence-corrected chi connectivity index (χ0v) is 13.5. The first-order valence-electron chi connectivity index (χ1n) is 7.24. The highest BCUT2D eigenvalue weighted by Gasteiger charge is 2.54. The van der Waals surface area contributed by atoms with Crippen LogP contribution in [0.25, 0.3) is 0 Å². The number of rotatable bonds is 0. The van der Waals surface area contributed by atoms with E-state index in [1.807, 2.05) is 0 Å². The lowest BCUT2D eigenvalue weighted by molar-refractivity contribution is -0.0227. The molecule has 0 amide bonds. The lowest BCUT2D eigenvalue weighted by Crippen LogP contribution is -2.50. The Balaban J connectivity index is 2.63. The number of hydrogen-bond acceptors (Lipinski definition) is 1. The van der Waals surface area contributed by atoms with Gasteiger partial charge in [0.1, 0.15) is 0 Å². The molecule has 0 bridgehead atoms. The number of hydrogen-bond donors (Lipinski definition) is 0. The molecule has 1 heteroatoms. The van der Waals surface area contributed by atoms with Gasteiger partial charge in [-0.2, -0.15) is 0 Å². The lowest BCUT2D eigenvalue weighted by Gasteiger charge is -2.59. The van der Waals surface area contributed by atoms with Crippen LogP contribution in [0.5, 0.6) is 0 Å². The molecular formula is C17H30O. The van der Waals surface area contributed by atoms with E-state index in [0.717, 1.165) is 13.2 Å². The minimum atomic E-state index is 0.173. The van der Waals surface area contributed by atoms with E-state index in [0.29, 0.717) is 10.8 Å². The normalized spacial score (nSPS) is 32.0. The zero-order chi connectivity index (χ0) is 14.0. The third-order valence-corrected chi connectivity index (χ3v) is 4.77. The van der Waals surface area contributed by atoms with Crippen molar-refractivity contribution in [2.24, 2.45) is 21.7 Å². The van der Waals surface area contributed by atoms with Crippen LogP contribution in [-0.4, -0.2) is 13.2 Å². The molecule has 0 atom stereocenters. The second-order valence-corrected chi connectivity index (χ2v) is 8.96. The van der Waals surface area contributed by atoms with Crippen molar-refractivity contribution >= 4 is 0 Å². The van der Waals surface area contributed by atoms with Crippen LogP contribution in [0, 0.1) is 21.7 Å². The van der Waals surface area contributed by atoms with E-state index >= 15 is 0 Å². The molecule has 0 spiro atoms. The molecule has 18 heavy (non-hydrogen) atoms. The van der Waals surface area contributed by atoms with Crippen LogP contribution in [0.3, 0.4) is 0 Å². The molecule has 1 saturated carbocycles. The molecule has 104 valence electrons. The first-order valence-corrected chi connectivity index (χ1v) is 7.24. The molecule has 1 heterocycles. The topological polar surface area (TPSA) is 9.23 Å². The maximum Gasteiger partial charge on any atom is 0.0555 e. The van der Waals surface area contributed by atoms with Crippen LogP contribution in [0.1, 0.15) is 61.8 Å². The van der Waals surface area contributed by atoms with E-state index in [4.69, 9.17) is 4.74 Å². The Morgan fingerprint density at radius 2 is 0.944 bits per heavy atom. The van der Waals surface area contributed by atoms with Crippen LogP contribution in [0.4, 0.5) is 0 Å². The van der Waals surface area contributed by atoms with E-state index in [-0.39, 0.29) is 10.8 Å². The monoisotopic (exact) mass is 250 g/mol. The molecule has 0 radical (unpaired) electrons. The van der Waals surface area contributed by atoms with Gasteiger partial charge in [0, 0.05) is 10.8 Å². The van der Waals surface area contributed by atoms with Gasteiger partial charge in [0.25, 0.3) is 0 Å². The van der Waals surface area contributed by atoms with E-state index in [9.17, 15) is 0 Å². The quantitative estimate of drug-likeness (QED) is 0.560. The molecule has 2 rings (SSSR count). The summed E-state index contributed by atoms with van der Waals surface area (Å²) in [5.41, 5.74) is 4.45. The van der Waals surface area contributed by atoms with Crippen LogP contribution >= 0.6 is 0 Å². The van der Waals surface area contributed by atoms with Gasteiger partial charge in [-0.25, -0.2) is 0 Å². The molecule has 1 aliphatic carbocycles. The minimum Gasteiger partial charge on any atom is -0.380 e. The van der Waals surface area contributed by atoms with Crippen LogP contribution < -0.4 is 0 Å². The third-order valence-electron chi connectivity index (χ3n) is 4.77. The van der Waals surface area contributed by atoms with E-state index in [2.05, 4.69) is 55.4 Å². The maximum absolute atomic E-state index is 5.85. The fourth-order valence-corrected chi connectivity index (χ4v) is 5.07. The Hall–Kier alpha value is -0.300. The first-order chi connectivity index (χ1) is 7.90. The molecule has 1 saturated heterocycles. The molecule has 0 N–H and O–H groups in total. The molecule has 1 aliphatic heterocycles. The second-order valence-electron chi connectivity index (χ2n) is 8.96. The van der Waals surface area contributed by atoms with Gasteiger partial charge >= 0.3 is 0 Å². The predicted octanol–water partition coefficient (Wildman–Crippen LogP) is 4.82. The first kappa shape index (κ1) is 14.1. The molecule has 0 aromatic heterocycles. The molecule has 0 unspecified atom stereocenters. The SMILES string of the molecule is CC1(C)COCC(C)(C)C1=C1C(C)(C)CC1(C)C. The van der Waals surface area contributed by atoms with Crippen molar-refractivity contribution < 1.29 is 4.74 Å². The van der Waals surface area contributed by atoms with Crippen molar-refractivity contribution in [1.29, 1.82) is 0 Å². The minimum absolute atomic E-state index is 0.173. The predicted molar refractivity (Wildman–Crippen MR) is 77.6 cm³/mol. The van der Waals surface area contributed by atoms with Crippen molar-refractivity contribution in [2.75, 3.05) is 13.2 Å². The van der Waals surface area contributed by atoms with Crippen LogP contribution in [0.15, 0.2) is 11.1 Å². The second kappa shape index (κ2) is 3.62. The summed E-state index contributed by atoms with van der Waals surface area (Å²) in [5.74, 6) is 0. The van der Waals surface area contributed by atoms with E-state index < -0.39 is 0 Å². The van der Waals surface area contributed by atoms with Crippen LogP contribution in [-0.2, 0) is 4.74 Å². The third kappa shape index (κ3) is 1.95. The Kier molecular flexibility index (Phi) is 2.84. The highest BCUT2D eigenvalue weighted by atomic mass is 16.5. The van der Waals surface area contributed by atoms with E-state index in [1.54, 1.807) is 11.1 Å². The highest BCUT2D eigenvalue weighted by molar-refractivity contribution is 5.41. The van der Waals surface area contributed by atoms with Gasteiger partial charge in [-0.1, -0.05) is 66.5 Å². The van der Waals surface area contributed by atoms with Crippen molar-refractivity contribution in [2.45, 2.75) is 61.8 Å². The summed E-state index contributed by atoms with van der Waals surface area (Å²) < 4.78 is 5.85. The summed E-state index contributed by atoms with van der Waals surface area (Å²) in [6.07, 6.45) is 1.30. The van der Waals surface area contributed by atoms with Crippen molar-refractivity contribution in [1.82, 2.24) is 0 Å². The Bertz CT molecular complexity index is 360. The summed E-state index contributed by atoms with van der Waals surface area (Å²) in [4.78, 5) is 0. The van der Waals surface area contributed by atoms with Crippen molar-refractivity contribution in [3.63, 3.8) is 0 Å². The molecule has 0 aromatic rings. The maximum atomic E-state index is 5.85. The van der Waals surface area contributed by atoms with Crippen molar-refractivity contribution in [3.05, 3.63) is 11.1 Å². The summed E-state index contributed by atoms with van der Waals surface area (Å²) in [7, 11) is 0. The Morgan fingerprint density at radius 3 is 1.28 bits per heavy atom. The lowest BCUT2D eigenvalue weighted by atomic mass is 9.47. The smallest absolute Gasteiger partial charge is 0.0555 e. The Labute approximate surface area is 113 Å². The van der Waals surface area contributed by atoms with Gasteiger partial charge in [-0.3, -0.25) is 0 Å². The highest BCUT2D eigenvalue weighted by Crippen LogP contribution is 2.64. The fraction of sp³-hybridized carbons (Fsp3) is 0.882. The molecule has 1 nitrogen and oxygen atoms in total. The average Bonchev–Trinajstić information content (AvgIpc) is 2.08. The summed E-state index contributed by atoms with van der Waals surface area (Å²) in [6, 6.07) is 0. The van der Waals surface area contributed by atoms with Crippen LogP contribution in [0.2, 0.25) is 0 Å². The van der Waals surface area contributed by atoms with Gasteiger partial charge in [0.05, 0.1) is 13.2 Å². The largest absolute Gasteiger partial charge is 0.380 e. The summed E-state index contributed by atoms with van der Waals surface area (Å²) in [5, 5.41) is 0. The fourth-order valence-electron chi connectivity index (χ4n) is 5.07. The van der Waals surface area contributed by atoms with Crippen molar-refractivity contribution in [3.8, 4) is 0 Å². The molecular weight excluding hydrogens is 220 g/mol. The van der Waals surface area contributed by atoms with Gasteiger partial charge in [-0.05, 0) is 17.3 Å². The molecule has 2 aliphatic rings. The van der Waals surface area contributed by atoms with Gasteiger partial charge in [-0.15, -0.1) is 0 Å². The number of ether oxygens (including phenoxy) is 1. The zero-order valence-electron chi connectivity index (χ0n) is 13.5. The Morgan fingerprint density at radius 1 is 0.611 bits per heavy atom. The molecule has 0 aromatic carbocycles. The summed E-state index contributed by atoms with van der Waals surface area (Å²) in [6.45, 7) is 20.7. The summed E-state index contributed by atoms with van der Waals surface area (Å²) >= 11 is 0. The standard InChI is InChI=1S/C17H30O/c1-14(2)9-15(3,4)12(14)13-16(5,6)10-18-11-17(13,7)8/h9-11H2,1-8H3. The molecule has 2 fully saturated rings. The average molecular weight is 250 g/mol.